The molecule has 11 heteroatoms. The molecule has 2 aliphatic heterocycles. The number of ether oxygens (including phenoxy) is 3. The van der Waals surface area contributed by atoms with Gasteiger partial charge in [0.05, 0.1) is 36.0 Å². The predicted molar refractivity (Wildman–Crippen MR) is 163 cm³/mol. The second-order valence-corrected chi connectivity index (χ2v) is 14.2. The summed E-state index contributed by atoms with van der Waals surface area (Å²) in [7, 11) is 0. The number of fused-ring (bicyclic) bond motifs is 5. The fourth-order valence-electron chi connectivity index (χ4n) is 7.28. The summed E-state index contributed by atoms with van der Waals surface area (Å²) in [5, 5.41) is 0. The molecule has 1 aliphatic carbocycles. The van der Waals surface area contributed by atoms with Crippen LogP contribution in [0.5, 0.6) is 11.6 Å². The molecule has 2 bridgehead atoms. The molecule has 1 saturated carbocycles. The van der Waals surface area contributed by atoms with Crippen LogP contribution >= 0.6 is 0 Å². The number of benzene rings is 1. The van der Waals surface area contributed by atoms with Gasteiger partial charge in [-0.15, -0.1) is 0 Å². The van der Waals surface area contributed by atoms with Gasteiger partial charge in [-0.1, -0.05) is 40.5 Å². The van der Waals surface area contributed by atoms with Crippen LogP contribution in [0, 0.1) is 23.2 Å². The molecule has 3 aliphatic rings. The van der Waals surface area contributed by atoms with Crippen molar-refractivity contribution in [3.8, 4) is 11.6 Å². The average Bonchev–Trinajstić information content (AvgIpc) is 3.48. The van der Waals surface area contributed by atoms with E-state index in [0.717, 1.165) is 51.2 Å². The number of alkyl halides is 2. The van der Waals surface area contributed by atoms with Gasteiger partial charge in [-0.05, 0) is 68.9 Å². The van der Waals surface area contributed by atoms with Crippen LogP contribution in [0.15, 0.2) is 18.2 Å². The van der Waals surface area contributed by atoms with Crippen molar-refractivity contribution >= 4 is 29.2 Å². The molecule has 1 aromatic heterocycles. The van der Waals surface area contributed by atoms with E-state index in [-0.39, 0.29) is 48.3 Å². The predicted octanol–water partition coefficient (Wildman–Crippen LogP) is 6.30. The van der Waals surface area contributed by atoms with Gasteiger partial charge in [-0.2, -0.15) is 8.78 Å². The van der Waals surface area contributed by atoms with Gasteiger partial charge in [0.1, 0.15) is 29.4 Å². The normalized spacial score (nSPS) is 30.2. The fraction of sp³-hybridized carbons (Fsp3) is 0.676. The lowest BCUT2D eigenvalue weighted by Crippen LogP contribution is -2.47. The zero-order valence-corrected chi connectivity index (χ0v) is 26.9. The number of aromatic nitrogens is 2. The summed E-state index contributed by atoms with van der Waals surface area (Å²) >= 11 is 0. The van der Waals surface area contributed by atoms with E-state index < -0.39 is 35.7 Å². The molecule has 1 saturated heterocycles. The highest BCUT2D eigenvalue weighted by Crippen LogP contribution is 2.43. The molecule has 5 rings (SSSR count). The van der Waals surface area contributed by atoms with Crippen molar-refractivity contribution in [2.45, 2.75) is 117 Å². The zero-order chi connectivity index (χ0) is 32.5. The summed E-state index contributed by atoms with van der Waals surface area (Å²) in [6.45, 7) is 6.77. The van der Waals surface area contributed by atoms with Crippen molar-refractivity contribution < 1.29 is 37.4 Å². The Morgan fingerprint density at radius 1 is 1.09 bits per heavy atom. The number of esters is 1. The molecule has 3 heterocycles. The highest BCUT2D eigenvalue weighted by atomic mass is 19.3. The maximum Gasteiger partial charge on any atom is 0.387 e. The van der Waals surface area contributed by atoms with E-state index in [1.54, 1.807) is 6.07 Å². The van der Waals surface area contributed by atoms with Crippen molar-refractivity contribution in [3.05, 3.63) is 23.9 Å². The summed E-state index contributed by atoms with van der Waals surface area (Å²) in [6.07, 6.45) is 7.11. The molecule has 0 radical (unpaired) electrons. The van der Waals surface area contributed by atoms with Crippen LogP contribution in [0.2, 0.25) is 0 Å². The van der Waals surface area contributed by atoms with E-state index in [9.17, 15) is 23.2 Å². The number of hydrogen-bond acceptors (Lipinski definition) is 8. The van der Waals surface area contributed by atoms with Gasteiger partial charge in [0, 0.05) is 12.0 Å². The number of aryl methyl sites for hydroxylation is 1. The van der Waals surface area contributed by atoms with Gasteiger partial charge >= 0.3 is 12.6 Å². The second-order valence-electron chi connectivity index (χ2n) is 14.2. The molecule has 6 atom stereocenters. The monoisotopic (exact) mass is 629 g/mol. The molecular weight excluding hydrogens is 584 g/mol. The van der Waals surface area contributed by atoms with Crippen LogP contribution < -0.4 is 9.47 Å². The molecule has 9 nitrogen and oxygen atoms in total. The van der Waals surface area contributed by atoms with Gasteiger partial charge in [-0.25, -0.2) is 9.97 Å². The quantitative estimate of drug-likeness (QED) is 0.288. The van der Waals surface area contributed by atoms with E-state index >= 15 is 0 Å². The van der Waals surface area contributed by atoms with Crippen molar-refractivity contribution in [2.75, 3.05) is 6.54 Å². The number of aldehydes is 1. The van der Waals surface area contributed by atoms with Crippen LogP contribution in [0.1, 0.15) is 91.7 Å². The lowest BCUT2D eigenvalue weighted by atomic mass is 9.77. The maximum atomic E-state index is 14.2. The summed E-state index contributed by atoms with van der Waals surface area (Å²) in [5.41, 5.74) is 0.367. The molecule has 0 spiro atoms. The summed E-state index contributed by atoms with van der Waals surface area (Å²) in [5.74, 6) is -1.29. The second kappa shape index (κ2) is 13.2. The number of hydrogen-bond donors (Lipinski definition) is 0. The first-order chi connectivity index (χ1) is 21.3. The van der Waals surface area contributed by atoms with E-state index in [2.05, 4.69) is 9.72 Å². The molecule has 1 amide bonds. The number of halogens is 2. The van der Waals surface area contributed by atoms with E-state index in [4.69, 9.17) is 14.5 Å². The Balaban J connectivity index is 1.51. The largest absolute Gasteiger partial charge is 0.471 e. The minimum atomic E-state index is -2.98. The van der Waals surface area contributed by atoms with Crippen LogP contribution in [0.3, 0.4) is 0 Å². The van der Waals surface area contributed by atoms with Gasteiger partial charge in [0.25, 0.3) is 0 Å². The Kier molecular flexibility index (Phi) is 9.65. The Hall–Kier alpha value is -3.37. The van der Waals surface area contributed by atoms with E-state index in [1.165, 1.54) is 17.0 Å². The number of amides is 1. The van der Waals surface area contributed by atoms with Crippen molar-refractivity contribution in [1.29, 1.82) is 0 Å². The SMILES string of the molecule is C[C@@H]1[C@@H]2CN(C(=O)[C@H](C(C)(C)C)CC(=O)O[C@]3(C)CCC[C@H]3CCCCCc3nc4ccc(OC(F)F)cc4nc3O2)[C@@H]1C=O. The number of carbonyl (C=O) groups excluding carboxylic acids is 3. The first-order valence-corrected chi connectivity index (χ1v) is 16.2. The fourth-order valence-corrected chi connectivity index (χ4v) is 7.28. The number of nitrogens with zero attached hydrogens (tertiary/aromatic N) is 3. The smallest absolute Gasteiger partial charge is 0.387 e. The van der Waals surface area contributed by atoms with Crippen LogP contribution in [-0.4, -0.2) is 63.9 Å². The topological polar surface area (TPSA) is 108 Å². The summed E-state index contributed by atoms with van der Waals surface area (Å²) in [6, 6.07) is 3.68. The highest BCUT2D eigenvalue weighted by molar-refractivity contribution is 5.87. The van der Waals surface area contributed by atoms with E-state index in [0.29, 0.717) is 23.1 Å². The summed E-state index contributed by atoms with van der Waals surface area (Å²) < 4.78 is 43.0. The standard InChI is InChI=1S/C34H45F2N3O6/c1-20-27(19-40)39-18-28(20)44-30-25(37-24-14-13-22(43-32(35)36)16-26(24)38-30)12-8-6-7-10-21-11-9-15-34(21,5)45-29(41)17-23(31(39)42)33(2,3)4/h13-14,16,19-21,23,27-28,32H,6-12,15,17-18H2,1-5H3/t20-,21+,23+,27+,28-,34+/m0/s1. The lowest BCUT2D eigenvalue weighted by molar-refractivity contribution is -0.167. The maximum absolute atomic E-state index is 14.2. The highest BCUT2D eigenvalue weighted by Gasteiger charge is 2.48. The van der Waals surface area contributed by atoms with Gasteiger partial charge in [-0.3, -0.25) is 9.59 Å². The van der Waals surface area contributed by atoms with Crippen molar-refractivity contribution in [1.82, 2.24) is 14.9 Å². The van der Waals surface area contributed by atoms with Crippen LogP contribution in [-0.2, 0) is 25.5 Å². The third-order valence-electron chi connectivity index (χ3n) is 10.1. The molecule has 0 unspecified atom stereocenters. The third-order valence-corrected chi connectivity index (χ3v) is 10.1. The van der Waals surface area contributed by atoms with Gasteiger partial charge < -0.3 is 23.9 Å². The summed E-state index contributed by atoms with van der Waals surface area (Å²) in [4.78, 5) is 51.0. The Morgan fingerprint density at radius 3 is 2.56 bits per heavy atom. The molecule has 45 heavy (non-hydrogen) atoms. The zero-order valence-electron chi connectivity index (χ0n) is 26.9. The molecule has 0 N–H and O–H groups in total. The number of rotatable bonds is 3. The molecule has 246 valence electrons. The van der Waals surface area contributed by atoms with Crippen molar-refractivity contribution in [2.24, 2.45) is 23.2 Å². The third kappa shape index (κ3) is 7.22. The Labute approximate surface area is 263 Å². The lowest BCUT2D eigenvalue weighted by Gasteiger charge is -2.36. The van der Waals surface area contributed by atoms with E-state index in [1.807, 2.05) is 34.6 Å². The first kappa shape index (κ1) is 33.0. The minimum absolute atomic E-state index is 0.0374. The number of carbonyl (C=O) groups is 3. The molecule has 1 aromatic carbocycles. The van der Waals surface area contributed by atoms with Gasteiger partial charge in [0.15, 0.2) is 0 Å². The average molecular weight is 630 g/mol. The molecule has 2 aromatic rings. The molecule has 2 fully saturated rings. The Bertz CT molecular complexity index is 1410. The van der Waals surface area contributed by atoms with Crippen LogP contribution in [0.4, 0.5) is 8.78 Å². The first-order valence-electron chi connectivity index (χ1n) is 16.2. The van der Waals surface area contributed by atoms with Crippen LogP contribution in [0.25, 0.3) is 11.0 Å². The molecular formula is C34H45F2N3O6. The Morgan fingerprint density at radius 2 is 1.84 bits per heavy atom. The minimum Gasteiger partial charge on any atom is -0.471 e. The van der Waals surface area contributed by atoms with Crippen molar-refractivity contribution in [3.63, 3.8) is 0 Å². The van der Waals surface area contributed by atoms with Gasteiger partial charge in [0.2, 0.25) is 11.8 Å².